The number of ether oxygens (including phenoxy) is 1. The van der Waals surface area contributed by atoms with Gasteiger partial charge >= 0.3 is 5.97 Å². The quantitative estimate of drug-likeness (QED) is 0.874. The molecule has 1 saturated carbocycles. The molecule has 92 valence electrons. The van der Waals surface area contributed by atoms with Crippen molar-refractivity contribution in [1.29, 1.82) is 0 Å². The fourth-order valence-corrected chi connectivity index (χ4v) is 2.70. The molecule has 0 aromatic heterocycles. The summed E-state index contributed by atoms with van der Waals surface area (Å²) in [5.41, 5.74) is 1.29. The third-order valence-electron chi connectivity index (χ3n) is 3.68. The second kappa shape index (κ2) is 5.32. The van der Waals surface area contributed by atoms with Crippen molar-refractivity contribution in [3.63, 3.8) is 0 Å². The minimum Gasteiger partial charge on any atom is -0.481 e. The zero-order valence-electron chi connectivity index (χ0n) is 10.0. The number of aliphatic carboxylic acids is 1. The average molecular weight is 234 g/mol. The van der Waals surface area contributed by atoms with Crippen molar-refractivity contribution in [2.45, 2.75) is 31.3 Å². The van der Waals surface area contributed by atoms with Gasteiger partial charge in [0.1, 0.15) is 0 Å². The summed E-state index contributed by atoms with van der Waals surface area (Å²) in [6.07, 6.45) is 2.28. The highest BCUT2D eigenvalue weighted by atomic mass is 16.5. The van der Waals surface area contributed by atoms with Crippen LogP contribution in [0.3, 0.4) is 0 Å². The first kappa shape index (κ1) is 12.1. The molecule has 3 unspecified atom stereocenters. The monoisotopic (exact) mass is 234 g/mol. The van der Waals surface area contributed by atoms with Crippen molar-refractivity contribution in [1.82, 2.24) is 0 Å². The Morgan fingerprint density at radius 1 is 1.29 bits per heavy atom. The summed E-state index contributed by atoms with van der Waals surface area (Å²) in [5.74, 6) is -0.653. The standard InChI is InChI=1S/C14H18O3/c1-17-13-9-11(7-8-12(13)14(15)16)10-5-3-2-4-6-10/h2-6,11-13H,7-9H2,1H3,(H,15,16). The van der Waals surface area contributed by atoms with Gasteiger partial charge < -0.3 is 9.84 Å². The zero-order chi connectivity index (χ0) is 12.3. The van der Waals surface area contributed by atoms with Crippen molar-refractivity contribution in [3.8, 4) is 0 Å². The van der Waals surface area contributed by atoms with Crippen LogP contribution in [0.25, 0.3) is 0 Å². The van der Waals surface area contributed by atoms with Crippen LogP contribution in [0, 0.1) is 5.92 Å². The van der Waals surface area contributed by atoms with Crippen LogP contribution in [0.15, 0.2) is 30.3 Å². The smallest absolute Gasteiger partial charge is 0.309 e. The molecule has 3 atom stereocenters. The lowest BCUT2D eigenvalue weighted by Crippen LogP contribution is -2.35. The molecule has 0 spiro atoms. The van der Waals surface area contributed by atoms with Gasteiger partial charge in [-0.15, -0.1) is 0 Å². The highest BCUT2D eigenvalue weighted by Gasteiger charge is 2.35. The van der Waals surface area contributed by atoms with E-state index in [4.69, 9.17) is 9.84 Å². The largest absolute Gasteiger partial charge is 0.481 e. The van der Waals surface area contributed by atoms with Crippen LogP contribution in [-0.4, -0.2) is 24.3 Å². The zero-order valence-corrected chi connectivity index (χ0v) is 10.0. The van der Waals surface area contributed by atoms with Gasteiger partial charge in [-0.05, 0) is 30.7 Å². The topological polar surface area (TPSA) is 46.5 Å². The van der Waals surface area contributed by atoms with E-state index in [9.17, 15) is 4.79 Å². The summed E-state index contributed by atoms with van der Waals surface area (Å²) in [4.78, 5) is 11.1. The second-order valence-corrected chi connectivity index (χ2v) is 4.64. The number of carboxylic acid groups (broad SMARTS) is 1. The van der Waals surface area contributed by atoms with Gasteiger partial charge in [0.15, 0.2) is 0 Å². The van der Waals surface area contributed by atoms with Gasteiger partial charge in [-0.3, -0.25) is 4.79 Å². The third-order valence-corrected chi connectivity index (χ3v) is 3.68. The molecule has 0 saturated heterocycles. The number of hydrogen-bond acceptors (Lipinski definition) is 2. The van der Waals surface area contributed by atoms with Crippen LogP contribution < -0.4 is 0 Å². The Kier molecular flexibility index (Phi) is 3.79. The molecule has 0 amide bonds. The van der Waals surface area contributed by atoms with Gasteiger partial charge in [-0.25, -0.2) is 0 Å². The van der Waals surface area contributed by atoms with E-state index in [1.165, 1.54) is 5.56 Å². The van der Waals surface area contributed by atoms with Gasteiger partial charge in [-0.2, -0.15) is 0 Å². The molecule has 0 bridgehead atoms. The minimum absolute atomic E-state index is 0.161. The van der Waals surface area contributed by atoms with Crippen molar-refractivity contribution in [2.24, 2.45) is 5.92 Å². The van der Waals surface area contributed by atoms with Crippen LogP contribution in [0.5, 0.6) is 0 Å². The normalized spacial score (nSPS) is 28.9. The predicted molar refractivity (Wildman–Crippen MR) is 65.0 cm³/mol. The van der Waals surface area contributed by atoms with Crippen LogP contribution in [0.2, 0.25) is 0 Å². The number of carboxylic acids is 1. The van der Waals surface area contributed by atoms with Gasteiger partial charge in [0.2, 0.25) is 0 Å². The number of benzene rings is 1. The van der Waals surface area contributed by atoms with Gasteiger partial charge in [0.25, 0.3) is 0 Å². The van der Waals surface area contributed by atoms with E-state index in [1.54, 1.807) is 7.11 Å². The Bertz CT molecular complexity index is 374. The molecule has 1 aromatic rings. The van der Waals surface area contributed by atoms with E-state index < -0.39 is 5.97 Å². The molecule has 3 heteroatoms. The molecule has 1 aliphatic carbocycles. The first-order valence-electron chi connectivity index (χ1n) is 6.03. The fourth-order valence-electron chi connectivity index (χ4n) is 2.70. The number of rotatable bonds is 3. The molecule has 17 heavy (non-hydrogen) atoms. The van der Waals surface area contributed by atoms with Crippen LogP contribution in [-0.2, 0) is 9.53 Å². The molecule has 3 nitrogen and oxygen atoms in total. The van der Waals surface area contributed by atoms with E-state index in [2.05, 4.69) is 12.1 Å². The fraction of sp³-hybridized carbons (Fsp3) is 0.500. The summed E-state index contributed by atoms with van der Waals surface area (Å²) in [7, 11) is 1.61. The van der Waals surface area contributed by atoms with Crippen molar-refractivity contribution in [2.75, 3.05) is 7.11 Å². The van der Waals surface area contributed by atoms with Gasteiger partial charge in [0, 0.05) is 7.11 Å². The van der Waals surface area contributed by atoms with Crippen molar-refractivity contribution < 1.29 is 14.6 Å². The van der Waals surface area contributed by atoms with Crippen LogP contribution in [0.4, 0.5) is 0 Å². The summed E-state index contributed by atoms with van der Waals surface area (Å²) in [6.45, 7) is 0. The van der Waals surface area contributed by atoms with Crippen molar-refractivity contribution >= 4 is 5.97 Å². The molecule has 0 radical (unpaired) electrons. The van der Waals surface area contributed by atoms with Crippen LogP contribution in [0.1, 0.15) is 30.7 Å². The summed E-state index contributed by atoms with van der Waals surface area (Å²) < 4.78 is 5.34. The highest BCUT2D eigenvalue weighted by Crippen LogP contribution is 2.37. The average Bonchev–Trinajstić information content (AvgIpc) is 2.39. The maximum Gasteiger partial charge on any atom is 0.309 e. The molecule has 2 rings (SSSR count). The molecular weight excluding hydrogens is 216 g/mol. The van der Waals surface area contributed by atoms with E-state index in [0.29, 0.717) is 12.3 Å². The van der Waals surface area contributed by atoms with Crippen LogP contribution >= 0.6 is 0 Å². The summed E-state index contributed by atoms with van der Waals surface area (Å²) in [6, 6.07) is 10.3. The maximum atomic E-state index is 11.1. The van der Waals surface area contributed by atoms with Gasteiger partial charge in [-0.1, -0.05) is 30.3 Å². The molecule has 1 aromatic carbocycles. The van der Waals surface area contributed by atoms with E-state index in [1.807, 2.05) is 18.2 Å². The molecule has 0 heterocycles. The lowest BCUT2D eigenvalue weighted by atomic mass is 9.77. The summed E-state index contributed by atoms with van der Waals surface area (Å²) in [5, 5.41) is 9.12. The molecule has 1 N–H and O–H groups in total. The second-order valence-electron chi connectivity index (χ2n) is 4.64. The van der Waals surface area contributed by atoms with E-state index in [0.717, 1.165) is 12.8 Å². The third kappa shape index (κ3) is 2.67. The summed E-state index contributed by atoms with van der Waals surface area (Å²) >= 11 is 0. The Labute approximate surface area is 101 Å². The lowest BCUT2D eigenvalue weighted by Gasteiger charge is -2.33. The Morgan fingerprint density at radius 2 is 2.00 bits per heavy atom. The molecule has 1 aliphatic rings. The number of methoxy groups -OCH3 is 1. The number of carbonyl (C=O) groups is 1. The Hall–Kier alpha value is -1.35. The lowest BCUT2D eigenvalue weighted by molar-refractivity contribution is -0.148. The predicted octanol–water partition coefficient (Wildman–Crippen LogP) is 2.67. The van der Waals surface area contributed by atoms with Crippen molar-refractivity contribution in [3.05, 3.63) is 35.9 Å². The molecular formula is C14H18O3. The molecule has 1 fully saturated rings. The Balaban J connectivity index is 2.09. The first-order chi connectivity index (χ1) is 8.22. The molecule has 0 aliphatic heterocycles. The van der Waals surface area contributed by atoms with Gasteiger partial charge in [0.05, 0.1) is 12.0 Å². The highest BCUT2D eigenvalue weighted by molar-refractivity contribution is 5.70. The minimum atomic E-state index is -0.733. The van der Waals surface area contributed by atoms with E-state index >= 15 is 0 Å². The maximum absolute atomic E-state index is 11.1. The first-order valence-corrected chi connectivity index (χ1v) is 6.03. The number of hydrogen-bond donors (Lipinski definition) is 1. The Morgan fingerprint density at radius 3 is 2.59 bits per heavy atom. The van der Waals surface area contributed by atoms with E-state index in [-0.39, 0.29) is 12.0 Å². The SMILES string of the molecule is COC1CC(c2ccccc2)CCC1C(=O)O.